The lowest BCUT2D eigenvalue weighted by Gasteiger charge is -2.14. The molecular weight excluding hydrogens is 260 g/mol. The summed E-state index contributed by atoms with van der Waals surface area (Å²) in [6, 6.07) is -1.17. The highest BCUT2D eigenvalue weighted by Crippen LogP contribution is 1.97. The van der Waals surface area contributed by atoms with Crippen molar-refractivity contribution < 1.29 is 23.1 Å². The summed E-state index contributed by atoms with van der Waals surface area (Å²) in [6.45, 7) is 2.63. The minimum Gasteiger partial charge on any atom is -0.480 e. The van der Waals surface area contributed by atoms with E-state index in [1.165, 1.54) is 0 Å². The van der Waals surface area contributed by atoms with Crippen molar-refractivity contribution in [1.82, 2.24) is 10.6 Å². The second-order valence-corrected chi connectivity index (χ2v) is 6.31. The molecule has 106 valence electrons. The van der Waals surface area contributed by atoms with Crippen LogP contribution in [0.2, 0.25) is 0 Å². The molecule has 0 aliphatic rings. The fraction of sp³-hybridized carbons (Fsp3) is 0.800. The third-order valence-electron chi connectivity index (χ3n) is 2.12. The van der Waals surface area contributed by atoms with Gasteiger partial charge >= 0.3 is 5.97 Å². The van der Waals surface area contributed by atoms with E-state index in [4.69, 9.17) is 5.11 Å². The Balaban J connectivity index is 4.19. The molecule has 7 nitrogen and oxygen atoms in total. The number of rotatable bonds is 9. The average Bonchev–Trinajstić information content (AvgIpc) is 2.22. The highest BCUT2D eigenvalue weighted by Gasteiger charge is 2.21. The predicted molar refractivity (Wildman–Crippen MR) is 67.1 cm³/mol. The first-order valence-corrected chi connectivity index (χ1v) is 7.73. The number of nitrogens with one attached hydrogen (secondary N) is 2. The highest BCUT2D eigenvalue weighted by molar-refractivity contribution is 7.90. The van der Waals surface area contributed by atoms with Crippen molar-refractivity contribution in [3.63, 3.8) is 0 Å². The van der Waals surface area contributed by atoms with Gasteiger partial charge in [-0.1, -0.05) is 6.92 Å². The van der Waals surface area contributed by atoms with Crippen molar-refractivity contribution >= 4 is 21.7 Å². The van der Waals surface area contributed by atoms with Gasteiger partial charge in [-0.2, -0.15) is 0 Å². The van der Waals surface area contributed by atoms with Crippen molar-refractivity contribution in [3.8, 4) is 0 Å². The molecule has 3 N–H and O–H groups in total. The Morgan fingerprint density at radius 2 is 1.94 bits per heavy atom. The lowest BCUT2D eigenvalue weighted by molar-refractivity contribution is -0.141. The molecule has 0 aromatic heterocycles. The zero-order valence-electron chi connectivity index (χ0n) is 10.6. The maximum Gasteiger partial charge on any atom is 0.326 e. The average molecular weight is 280 g/mol. The van der Waals surface area contributed by atoms with Gasteiger partial charge in [-0.3, -0.25) is 4.79 Å². The number of hydrogen-bond acceptors (Lipinski definition) is 5. The molecule has 0 radical (unpaired) electrons. The van der Waals surface area contributed by atoms with Gasteiger partial charge in [0.05, 0.1) is 12.3 Å². The quantitative estimate of drug-likeness (QED) is 0.466. The normalized spacial score (nSPS) is 13.0. The number of carbonyl (C=O) groups is 2. The molecule has 0 fully saturated rings. The third kappa shape index (κ3) is 8.94. The van der Waals surface area contributed by atoms with Crippen molar-refractivity contribution in [2.45, 2.75) is 25.8 Å². The number of hydrogen-bond donors (Lipinski definition) is 3. The topological polar surface area (TPSA) is 113 Å². The summed E-state index contributed by atoms with van der Waals surface area (Å²) in [7, 11) is -3.24. The van der Waals surface area contributed by atoms with Crippen LogP contribution in [0.1, 0.15) is 19.8 Å². The van der Waals surface area contributed by atoms with E-state index in [0.717, 1.165) is 12.7 Å². The van der Waals surface area contributed by atoms with Crippen LogP contribution in [-0.4, -0.2) is 56.5 Å². The van der Waals surface area contributed by atoms with Crippen LogP contribution in [0.3, 0.4) is 0 Å². The number of carboxylic acid groups (broad SMARTS) is 1. The molecule has 0 aliphatic heterocycles. The fourth-order valence-electron chi connectivity index (χ4n) is 1.21. The zero-order valence-corrected chi connectivity index (χ0v) is 11.4. The summed E-state index contributed by atoms with van der Waals surface area (Å²) in [5.74, 6) is -1.96. The molecule has 0 saturated carbocycles. The van der Waals surface area contributed by atoms with Crippen molar-refractivity contribution in [3.05, 3.63) is 0 Å². The molecule has 8 heteroatoms. The Morgan fingerprint density at radius 1 is 1.33 bits per heavy atom. The van der Waals surface area contributed by atoms with E-state index >= 15 is 0 Å². The summed E-state index contributed by atoms with van der Waals surface area (Å²) in [5.41, 5.74) is 0. The number of sulfone groups is 1. The molecule has 0 aromatic rings. The largest absolute Gasteiger partial charge is 0.480 e. The molecule has 0 bridgehead atoms. The van der Waals surface area contributed by atoms with Crippen LogP contribution in [0.15, 0.2) is 0 Å². The Bertz CT molecular complexity index is 380. The fourth-order valence-corrected chi connectivity index (χ4v) is 1.88. The first-order valence-electron chi connectivity index (χ1n) is 5.67. The molecule has 0 aliphatic carbocycles. The van der Waals surface area contributed by atoms with Gasteiger partial charge in [0.15, 0.2) is 0 Å². The molecule has 0 rings (SSSR count). The van der Waals surface area contributed by atoms with Crippen LogP contribution >= 0.6 is 0 Å². The monoisotopic (exact) mass is 280 g/mol. The van der Waals surface area contributed by atoms with E-state index < -0.39 is 27.8 Å². The third-order valence-corrected chi connectivity index (χ3v) is 3.10. The number of aliphatic carboxylic acids is 1. The van der Waals surface area contributed by atoms with Crippen LogP contribution in [0.4, 0.5) is 0 Å². The van der Waals surface area contributed by atoms with Crippen LogP contribution in [0, 0.1) is 0 Å². The first kappa shape index (κ1) is 16.9. The second-order valence-electron chi connectivity index (χ2n) is 4.05. The Labute approximate surface area is 107 Å². The molecule has 1 unspecified atom stereocenters. The Kier molecular flexibility index (Phi) is 7.53. The van der Waals surface area contributed by atoms with Crippen molar-refractivity contribution in [2.24, 2.45) is 0 Å². The smallest absolute Gasteiger partial charge is 0.326 e. The maximum atomic E-state index is 11.4. The molecule has 18 heavy (non-hydrogen) atoms. The number of carbonyl (C=O) groups excluding carboxylic acids is 1. The van der Waals surface area contributed by atoms with Gasteiger partial charge < -0.3 is 15.7 Å². The molecule has 0 heterocycles. The summed E-state index contributed by atoms with van der Waals surface area (Å²) in [4.78, 5) is 22.2. The van der Waals surface area contributed by atoms with Gasteiger partial charge in [0, 0.05) is 6.26 Å². The van der Waals surface area contributed by atoms with Gasteiger partial charge in [0.1, 0.15) is 15.9 Å². The molecule has 0 aromatic carbocycles. The summed E-state index contributed by atoms with van der Waals surface area (Å²) >= 11 is 0. The van der Waals surface area contributed by atoms with E-state index in [1.54, 1.807) is 0 Å². The van der Waals surface area contributed by atoms with E-state index in [2.05, 4.69) is 10.6 Å². The summed E-state index contributed by atoms with van der Waals surface area (Å²) in [5, 5.41) is 14.0. The van der Waals surface area contributed by atoms with E-state index in [0.29, 0.717) is 6.54 Å². The second kappa shape index (κ2) is 8.04. The standard InChI is InChI=1S/C10H20N2O5S/c1-3-5-11-7-9(13)12-8(10(14)15)4-6-18(2,16)17/h8,11H,3-7H2,1-2H3,(H,12,13)(H,14,15). The van der Waals surface area contributed by atoms with E-state index in [1.807, 2.05) is 6.92 Å². The Hall–Kier alpha value is -1.15. The first-order chi connectivity index (χ1) is 8.26. The van der Waals surface area contributed by atoms with Gasteiger partial charge in [-0.25, -0.2) is 13.2 Å². The summed E-state index contributed by atoms with van der Waals surface area (Å²) < 4.78 is 21.9. The molecular formula is C10H20N2O5S. The van der Waals surface area contributed by atoms with Gasteiger partial charge in [0.2, 0.25) is 5.91 Å². The lowest BCUT2D eigenvalue weighted by Crippen LogP contribution is -2.45. The predicted octanol–water partition coefficient (Wildman–Crippen LogP) is -1.01. The van der Waals surface area contributed by atoms with Crippen LogP contribution < -0.4 is 10.6 Å². The maximum absolute atomic E-state index is 11.4. The zero-order chi connectivity index (χ0) is 14.2. The minimum atomic E-state index is -3.24. The lowest BCUT2D eigenvalue weighted by atomic mass is 10.2. The minimum absolute atomic E-state index is 0.0243. The van der Waals surface area contributed by atoms with E-state index in [9.17, 15) is 18.0 Å². The highest BCUT2D eigenvalue weighted by atomic mass is 32.2. The van der Waals surface area contributed by atoms with Crippen LogP contribution in [0.25, 0.3) is 0 Å². The SMILES string of the molecule is CCCNCC(=O)NC(CCS(C)(=O)=O)C(=O)O. The molecule has 1 atom stereocenters. The molecule has 0 saturated heterocycles. The van der Waals surface area contributed by atoms with Gasteiger partial charge in [0.25, 0.3) is 0 Å². The van der Waals surface area contributed by atoms with Gasteiger partial charge in [-0.15, -0.1) is 0 Å². The molecule has 0 spiro atoms. The van der Waals surface area contributed by atoms with Gasteiger partial charge in [-0.05, 0) is 19.4 Å². The van der Waals surface area contributed by atoms with Crippen LogP contribution in [-0.2, 0) is 19.4 Å². The van der Waals surface area contributed by atoms with Crippen LogP contribution in [0.5, 0.6) is 0 Å². The van der Waals surface area contributed by atoms with E-state index in [-0.39, 0.29) is 18.7 Å². The molecule has 1 amide bonds. The van der Waals surface area contributed by atoms with Crippen molar-refractivity contribution in [1.29, 1.82) is 0 Å². The van der Waals surface area contributed by atoms with Crippen molar-refractivity contribution in [2.75, 3.05) is 25.1 Å². The summed E-state index contributed by atoms with van der Waals surface area (Å²) in [6.07, 6.45) is 1.76. The number of amides is 1. The Morgan fingerprint density at radius 3 is 2.39 bits per heavy atom. The number of carboxylic acids is 1.